The van der Waals surface area contributed by atoms with E-state index >= 15 is 0 Å². The van der Waals surface area contributed by atoms with Crippen LogP contribution in [0.25, 0.3) is 0 Å². The highest BCUT2D eigenvalue weighted by Gasteiger charge is 2.07. The average molecular weight is 357 g/mol. The lowest BCUT2D eigenvalue weighted by Crippen LogP contribution is -2.22. The van der Waals surface area contributed by atoms with Gasteiger partial charge >= 0.3 is 0 Å². The Hall–Kier alpha value is -2.53. The van der Waals surface area contributed by atoms with Crippen LogP contribution in [0.1, 0.15) is 36.7 Å². The van der Waals surface area contributed by atoms with Crippen LogP contribution >= 0.6 is 0 Å². The number of carbonyl (C=O) groups is 1. The van der Waals surface area contributed by atoms with E-state index in [-0.39, 0.29) is 12.0 Å². The van der Waals surface area contributed by atoms with E-state index in [1.54, 1.807) is 12.1 Å². The molecule has 1 amide bonds. The van der Waals surface area contributed by atoms with Crippen LogP contribution in [-0.4, -0.2) is 31.8 Å². The largest absolute Gasteiger partial charge is 0.491 e. The molecule has 2 aromatic rings. The first-order valence-corrected chi connectivity index (χ1v) is 8.93. The van der Waals surface area contributed by atoms with Crippen molar-refractivity contribution in [3.63, 3.8) is 0 Å². The van der Waals surface area contributed by atoms with Crippen molar-refractivity contribution in [3.05, 3.63) is 59.7 Å². The number of nitrogens with one attached hydrogen (secondary N) is 1. The molecule has 0 spiro atoms. The Balaban J connectivity index is 1.85. The van der Waals surface area contributed by atoms with Crippen molar-refractivity contribution in [1.29, 1.82) is 0 Å². The summed E-state index contributed by atoms with van der Waals surface area (Å²) in [5.41, 5.74) is 1.58. The molecule has 0 aliphatic rings. The second-order valence-electron chi connectivity index (χ2n) is 6.07. The number of hydrogen-bond acceptors (Lipinski definition) is 4. The lowest BCUT2D eigenvalue weighted by molar-refractivity contribution is 0.0949. The van der Waals surface area contributed by atoms with Gasteiger partial charge in [-0.25, -0.2) is 0 Å². The third kappa shape index (κ3) is 6.76. The van der Waals surface area contributed by atoms with Gasteiger partial charge in [-0.15, -0.1) is 0 Å². The molecule has 0 fully saturated rings. The maximum atomic E-state index is 12.3. The van der Waals surface area contributed by atoms with Gasteiger partial charge in [-0.05, 0) is 56.7 Å². The monoisotopic (exact) mass is 357 g/mol. The van der Waals surface area contributed by atoms with E-state index in [1.165, 1.54) is 0 Å². The van der Waals surface area contributed by atoms with Gasteiger partial charge in [0.1, 0.15) is 18.1 Å². The van der Waals surface area contributed by atoms with Crippen LogP contribution < -0.4 is 14.8 Å². The Morgan fingerprint density at radius 3 is 2.50 bits per heavy atom. The lowest BCUT2D eigenvalue weighted by atomic mass is 10.2. The summed E-state index contributed by atoms with van der Waals surface area (Å²) in [5.74, 6) is 1.35. The first-order chi connectivity index (χ1) is 12.6. The maximum absolute atomic E-state index is 12.3. The summed E-state index contributed by atoms with van der Waals surface area (Å²) < 4.78 is 16.4. The Labute approximate surface area is 155 Å². The van der Waals surface area contributed by atoms with Gasteiger partial charge in [-0.3, -0.25) is 4.79 Å². The fourth-order valence-corrected chi connectivity index (χ4v) is 2.33. The topological polar surface area (TPSA) is 56.8 Å². The van der Waals surface area contributed by atoms with Gasteiger partial charge in [-0.2, -0.15) is 0 Å². The molecule has 0 aliphatic carbocycles. The van der Waals surface area contributed by atoms with Crippen molar-refractivity contribution in [2.45, 2.75) is 33.4 Å². The molecule has 0 saturated heterocycles. The average Bonchev–Trinajstić information content (AvgIpc) is 2.64. The molecule has 2 aromatic carbocycles. The fourth-order valence-electron chi connectivity index (χ4n) is 2.33. The molecule has 0 bridgehead atoms. The summed E-state index contributed by atoms with van der Waals surface area (Å²) >= 11 is 0. The summed E-state index contributed by atoms with van der Waals surface area (Å²) in [5, 5.41) is 2.92. The number of carbonyl (C=O) groups excluding carboxylic acids is 1. The number of rotatable bonds is 10. The Morgan fingerprint density at radius 1 is 1.04 bits per heavy atom. The molecule has 0 unspecified atom stereocenters. The van der Waals surface area contributed by atoms with Gasteiger partial charge in [-0.1, -0.05) is 18.2 Å². The molecular formula is C21H27NO4. The Bertz CT molecular complexity index is 683. The first-order valence-electron chi connectivity index (χ1n) is 8.93. The SMILES string of the molecule is CCOCCOc1cccc(C(=O)NCc2ccc(OC(C)C)cc2)c1. The highest BCUT2D eigenvalue weighted by Crippen LogP contribution is 2.15. The molecule has 0 atom stereocenters. The van der Waals surface area contributed by atoms with Crippen LogP contribution in [0.2, 0.25) is 0 Å². The van der Waals surface area contributed by atoms with Crippen molar-refractivity contribution in [1.82, 2.24) is 5.32 Å². The van der Waals surface area contributed by atoms with E-state index in [2.05, 4.69) is 5.32 Å². The van der Waals surface area contributed by atoms with E-state index < -0.39 is 0 Å². The molecule has 0 aromatic heterocycles. The minimum absolute atomic E-state index is 0.136. The normalized spacial score (nSPS) is 10.6. The fraction of sp³-hybridized carbons (Fsp3) is 0.381. The van der Waals surface area contributed by atoms with Crippen molar-refractivity contribution < 1.29 is 19.0 Å². The molecule has 1 N–H and O–H groups in total. The number of benzene rings is 2. The third-order valence-corrected chi connectivity index (χ3v) is 3.54. The highest BCUT2D eigenvalue weighted by atomic mass is 16.5. The van der Waals surface area contributed by atoms with E-state index in [0.29, 0.717) is 37.7 Å². The van der Waals surface area contributed by atoms with Gasteiger partial charge in [0.25, 0.3) is 5.91 Å². The molecule has 0 radical (unpaired) electrons. The molecule has 2 rings (SSSR count). The minimum atomic E-state index is -0.136. The first kappa shape index (κ1) is 19.8. The molecule has 26 heavy (non-hydrogen) atoms. The number of amides is 1. The standard InChI is InChI=1S/C21H27NO4/c1-4-24-12-13-25-20-7-5-6-18(14-20)21(23)22-15-17-8-10-19(11-9-17)26-16(2)3/h5-11,14,16H,4,12-13,15H2,1-3H3,(H,22,23). The van der Waals surface area contributed by atoms with Crippen LogP contribution in [0.5, 0.6) is 11.5 Å². The molecule has 140 valence electrons. The Kier molecular flexibility index (Phi) is 7.96. The quantitative estimate of drug-likeness (QED) is 0.657. The van der Waals surface area contributed by atoms with Crippen LogP contribution in [0.15, 0.2) is 48.5 Å². The van der Waals surface area contributed by atoms with E-state index in [0.717, 1.165) is 11.3 Å². The van der Waals surface area contributed by atoms with E-state index in [1.807, 2.05) is 57.2 Å². The second-order valence-corrected chi connectivity index (χ2v) is 6.07. The predicted molar refractivity (Wildman–Crippen MR) is 102 cm³/mol. The van der Waals surface area contributed by atoms with Crippen LogP contribution in [0.3, 0.4) is 0 Å². The zero-order valence-electron chi connectivity index (χ0n) is 15.7. The molecule has 0 heterocycles. The van der Waals surface area contributed by atoms with Gasteiger partial charge in [0.2, 0.25) is 0 Å². The summed E-state index contributed by atoms with van der Waals surface area (Å²) in [6, 6.07) is 14.9. The smallest absolute Gasteiger partial charge is 0.251 e. The van der Waals surface area contributed by atoms with E-state index in [9.17, 15) is 4.79 Å². The Morgan fingerprint density at radius 2 is 1.81 bits per heavy atom. The zero-order chi connectivity index (χ0) is 18.8. The maximum Gasteiger partial charge on any atom is 0.251 e. The predicted octanol–water partition coefficient (Wildman–Crippen LogP) is 3.82. The van der Waals surface area contributed by atoms with Crippen LogP contribution in [-0.2, 0) is 11.3 Å². The molecular weight excluding hydrogens is 330 g/mol. The molecule has 5 heteroatoms. The molecule has 0 saturated carbocycles. The van der Waals surface area contributed by atoms with Gasteiger partial charge in [0.05, 0.1) is 12.7 Å². The number of ether oxygens (including phenoxy) is 3. The van der Waals surface area contributed by atoms with Crippen LogP contribution in [0.4, 0.5) is 0 Å². The second kappa shape index (κ2) is 10.5. The summed E-state index contributed by atoms with van der Waals surface area (Å²) in [6.07, 6.45) is 0.142. The van der Waals surface area contributed by atoms with E-state index in [4.69, 9.17) is 14.2 Å². The zero-order valence-corrected chi connectivity index (χ0v) is 15.7. The van der Waals surface area contributed by atoms with Crippen LogP contribution in [0, 0.1) is 0 Å². The van der Waals surface area contributed by atoms with Crippen molar-refractivity contribution in [3.8, 4) is 11.5 Å². The van der Waals surface area contributed by atoms with Gasteiger partial charge in [0, 0.05) is 18.7 Å². The van der Waals surface area contributed by atoms with Crippen molar-refractivity contribution in [2.75, 3.05) is 19.8 Å². The lowest BCUT2D eigenvalue weighted by Gasteiger charge is -2.11. The third-order valence-electron chi connectivity index (χ3n) is 3.54. The molecule has 5 nitrogen and oxygen atoms in total. The van der Waals surface area contributed by atoms with Gasteiger partial charge in [0.15, 0.2) is 0 Å². The highest BCUT2D eigenvalue weighted by molar-refractivity contribution is 5.94. The number of hydrogen-bond donors (Lipinski definition) is 1. The van der Waals surface area contributed by atoms with Gasteiger partial charge < -0.3 is 19.5 Å². The van der Waals surface area contributed by atoms with Crippen molar-refractivity contribution >= 4 is 5.91 Å². The summed E-state index contributed by atoms with van der Waals surface area (Å²) in [7, 11) is 0. The summed E-state index contributed by atoms with van der Waals surface area (Å²) in [4.78, 5) is 12.3. The minimum Gasteiger partial charge on any atom is -0.491 e. The summed E-state index contributed by atoms with van der Waals surface area (Å²) in [6.45, 7) is 8.03. The molecule has 0 aliphatic heterocycles. The van der Waals surface area contributed by atoms with Crippen molar-refractivity contribution in [2.24, 2.45) is 0 Å².